The van der Waals surface area contributed by atoms with Gasteiger partial charge in [0, 0.05) is 12.5 Å². The number of carbonyl (C=O) groups excluding carboxylic acids is 1. The third-order valence-corrected chi connectivity index (χ3v) is 3.64. The van der Waals surface area contributed by atoms with Crippen LogP contribution in [0.25, 0.3) is 0 Å². The smallest absolute Gasteiger partial charge is 0.237 e. The largest absolute Gasteiger partial charge is 0.497 e. The van der Waals surface area contributed by atoms with E-state index in [1.165, 1.54) is 5.56 Å². The van der Waals surface area contributed by atoms with Gasteiger partial charge in [0.2, 0.25) is 5.91 Å². The lowest BCUT2D eigenvalue weighted by atomic mass is 9.96. The number of amides is 1. The Labute approximate surface area is 113 Å². The van der Waals surface area contributed by atoms with E-state index >= 15 is 0 Å². The highest BCUT2D eigenvalue weighted by atomic mass is 16.5. The summed E-state index contributed by atoms with van der Waals surface area (Å²) in [6.45, 7) is 2.75. The molecule has 0 aliphatic carbocycles. The average molecular weight is 263 g/mol. The van der Waals surface area contributed by atoms with Gasteiger partial charge in [0.05, 0.1) is 7.11 Å². The lowest BCUT2D eigenvalue weighted by Gasteiger charge is -2.30. The molecule has 0 bridgehead atoms. The Morgan fingerprint density at radius 2 is 2.21 bits per heavy atom. The van der Waals surface area contributed by atoms with Crippen LogP contribution in [-0.4, -0.2) is 31.0 Å². The van der Waals surface area contributed by atoms with Crippen LogP contribution in [0, 0.1) is 5.92 Å². The summed E-state index contributed by atoms with van der Waals surface area (Å²) in [5.74, 6) is 6.07. The fourth-order valence-electron chi connectivity index (χ4n) is 2.50. The third kappa shape index (κ3) is 3.68. The van der Waals surface area contributed by atoms with Crippen molar-refractivity contribution in [2.75, 3.05) is 20.2 Å². The van der Waals surface area contributed by atoms with Crippen molar-refractivity contribution in [1.82, 2.24) is 10.3 Å². The highest BCUT2D eigenvalue weighted by Gasteiger charge is 2.24. The molecule has 1 heterocycles. The van der Waals surface area contributed by atoms with Crippen molar-refractivity contribution in [1.29, 1.82) is 0 Å². The van der Waals surface area contributed by atoms with E-state index in [0.717, 1.165) is 38.2 Å². The first-order valence-electron chi connectivity index (χ1n) is 6.58. The lowest BCUT2D eigenvalue weighted by molar-refractivity contribution is -0.126. The summed E-state index contributed by atoms with van der Waals surface area (Å²) in [5.41, 5.74) is 3.48. The molecule has 0 aromatic heterocycles. The summed E-state index contributed by atoms with van der Waals surface area (Å²) >= 11 is 0. The number of benzene rings is 1. The standard InChI is InChI=1S/C14H21N3O2/c1-19-13-4-2-3-11(9-13)10-17-7-5-12(6-8-17)14(18)16-15/h2-4,9,12H,5-8,10,15H2,1H3,(H,16,18). The predicted octanol–water partition coefficient (Wildman–Crippen LogP) is 0.897. The average Bonchev–Trinajstić information content (AvgIpc) is 2.47. The molecule has 1 amide bonds. The summed E-state index contributed by atoms with van der Waals surface area (Å²) < 4.78 is 5.22. The highest BCUT2D eigenvalue weighted by molar-refractivity contribution is 5.78. The second kappa shape index (κ2) is 6.54. The van der Waals surface area contributed by atoms with Gasteiger partial charge >= 0.3 is 0 Å². The molecule has 1 aliphatic heterocycles. The maximum Gasteiger partial charge on any atom is 0.237 e. The van der Waals surface area contributed by atoms with Crippen LogP contribution in [-0.2, 0) is 11.3 Å². The molecular formula is C14H21N3O2. The van der Waals surface area contributed by atoms with E-state index in [1.54, 1.807) is 7.11 Å². The Kier molecular flexibility index (Phi) is 4.76. The number of methoxy groups -OCH3 is 1. The summed E-state index contributed by atoms with van der Waals surface area (Å²) in [4.78, 5) is 13.8. The minimum Gasteiger partial charge on any atom is -0.497 e. The minimum absolute atomic E-state index is 0.0407. The molecule has 5 nitrogen and oxygen atoms in total. The van der Waals surface area contributed by atoms with Gasteiger partial charge in [0.15, 0.2) is 0 Å². The highest BCUT2D eigenvalue weighted by Crippen LogP contribution is 2.20. The van der Waals surface area contributed by atoms with Gasteiger partial charge in [-0.25, -0.2) is 5.84 Å². The van der Waals surface area contributed by atoms with Crippen LogP contribution in [0.15, 0.2) is 24.3 Å². The Bertz CT molecular complexity index is 428. The van der Waals surface area contributed by atoms with Crippen LogP contribution in [0.4, 0.5) is 0 Å². The number of hydrogen-bond acceptors (Lipinski definition) is 4. The monoisotopic (exact) mass is 263 g/mol. The SMILES string of the molecule is COc1cccc(CN2CCC(C(=O)NN)CC2)c1. The predicted molar refractivity (Wildman–Crippen MR) is 73.3 cm³/mol. The zero-order valence-electron chi connectivity index (χ0n) is 11.3. The van der Waals surface area contributed by atoms with Crippen LogP contribution < -0.4 is 16.0 Å². The second-order valence-corrected chi connectivity index (χ2v) is 4.91. The second-order valence-electron chi connectivity index (χ2n) is 4.91. The van der Waals surface area contributed by atoms with Crippen LogP contribution >= 0.6 is 0 Å². The van der Waals surface area contributed by atoms with Crippen LogP contribution in [0.1, 0.15) is 18.4 Å². The van der Waals surface area contributed by atoms with E-state index in [1.807, 2.05) is 12.1 Å². The van der Waals surface area contributed by atoms with Crippen LogP contribution in [0.5, 0.6) is 5.75 Å². The lowest BCUT2D eigenvalue weighted by Crippen LogP contribution is -2.42. The molecule has 0 radical (unpaired) electrons. The normalized spacial score (nSPS) is 17.2. The van der Waals surface area contributed by atoms with Gasteiger partial charge < -0.3 is 4.74 Å². The first-order valence-corrected chi connectivity index (χ1v) is 6.58. The van der Waals surface area contributed by atoms with Crippen molar-refractivity contribution in [2.45, 2.75) is 19.4 Å². The summed E-state index contributed by atoms with van der Waals surface area (Å²) in [5, 5.41) is 0. The molecule has 0 saturated carbocycles. The molecule has 5 heteroatoms. The van der Waals surface area contributed by atoms with Crippen molar-refractivity contribution in [3.8, 4) is 5.75 Å². The molecule has 2 rings (SSSR count). The number of carbonyl (C=O) groups is 1. The molecule has 104 valence electrons. The first-order chi connectivity index (χ1) is 9.22. The number of piperidine rings is 1. The van der Waals surface area contributed by atoms with E-state index in [-0.39, 0.29) is 11.8 Å². The molecule has 1 aromatic carbocycles. The third-order valence-electron chi connectivity index (χ3n) is 3.64. The zero-order chi connectivity index (χ0) is 13.7. The summed E-state index contributed by atoms with van der Waals surface area (Å²) in [6.07, 6.45) is 1.74. The molecule has 0 spiro atoms. The van der Waals surface area contributed by atoms with Crippen molar-refractivity contribution >= 4 is 5.91 Å². The summed E-state index contributed by atoms with van der Waals surface area (Å²) in [6, 6.07) is 8.10. The number of nitrogens with one attached hydrogen (secondary N) is 1. The molecule has 1 fully saturated rings. The van der Waals surface area contributed by atoms with Gasteiger partial charge in [-0.1, -0.05) is 12.1 Å². The zero-order valence-corrected chi connectivity index (χ0v) is 11.3. The molecule has 0 atom stereocenters. The van der Waals surface area contributed by atoms with E-state index in [0.29, 0.717) is 0 Å². The van der Waals surface area contributed by atoms with E-state index in [2.05, 4.69) is 22.5 Å². The Hall–Kier alpha value is -1.59. The van der Waals surface area contributed by atoms with Crippen molar-refractivity contribution in [3.05, 3.63) is 29.8 Å². The van der Waals surface area contributed by atoms with Crippen molar-refractivity contribution in [2.24, 2.45) is 11.8 Å². The molecular weight excluding hydrogens is 242 g/mol. The Morgan fingerprint density at radius 1 is 1.47 bits per heavy atom. The fraction of sp³-hybridized carbons (Fsp3) is 0.500. The van der Waals surface area contributed by atoms with Gasteiger partial charge in [-0.2, -0.15) is 0 Å². The quantitative estimate of drug-likeness (QED) is 0.481. The number of rotatable bonds is 4. The van der Waals surface area contributed by atoms with E-state index < -0.39 is 0 Å². The number of ether oxygens (including phenoxy) is 1. The molecule has 3 N–H and O–H groups in total. The maximum absolute atomic E-state index is 11.4. The number of nitrogens with zero attached hydrogens (tertiary/aromatic N) is 1. The van der Waals surface area contributed by atoms with Gasteiger partial charge in [-0.15, -0.1) is 0 Å². The van der Waals surface area contributed by atoms with Crippen molar-refractivity contribution < 1.29 is 9.53 Å². The Morgan fingerprint density at radius 3 is 2.84 bits per heavy atom. The first kappa shape index (κ1) is 13.8. The number of hydrogen-bond donors (Lipinski definition) is 2. The molecule has 1 aliphatic rings. The number of hydrazine groups is 1. The van der Waals surface area contributed by atoms with Crippen LogP contribution in [0.2, 0.25) is 0 Å². The van der Waals surface area contributed by atoms with Gasteiger partial charge in [-0.3, -0.25) is 15.1 Å². The van der Waals surface area contributed by atoms with E-state index in [4.69, 9.17) is 10.6 Å². The topological polar surface area (TPSA) is 67.6 Å². The van der Waals surface area contributed by atoms with Gasteiger partial charge in [0.25, 0.3) is 0 Å². The van der Waals surface area contributed by atoms with E-state index in [9.17, 15) is 4.79 Å². The van der Waals surface area contributed by atoms with Gasteiger partial charge in [0.1, 0.15) is 5.75 Å². The molecule has 19 heavy (non-hydrogen) atoms. The molecule has 0 unspecified atom stereocenters. The Balaban J connectivity index is 1.86. The van der Waals surface area contributed by atoms with Gasteiger partial charge in [-0.05, 0) is 43.6 Å². The fourth-order valence-corrected chi connectivity index (χ4v) is 2.50. The minimum atomic E-state index is -0.0407. The van der Waals surface area contributed by atoms with Crippen LogP contribution in [0.3, 0.4) is 0 Å². The number of nitrogens with two attached hydrogens (primary N) is 1. The maximum atomic E-state index is 11.4. The number of likely N-dealkylation sites (tertiary alicyclic amines) is 1. The summed E-state index contributed by atoms with van der Waals surface area (Å²) in [7, 11) is 1.68. The molecule has 1 aromatic rings. The van der Waals surface area contributed by atoms with Crippen molar-refractivity contribution in [3.63, 3.8) is 0 Å². The molecule has 1 saturated heterocycles.